The van der Waals surface area contributed by atoms with Crippen LogP contribution in [0.3, 0.4) is 0 Å². The Morgan fingerprint density at radius 2 is 1.84 bits per heavy atom. The van der Waals surface area contributed by atoms with Gasteiger partial charge in [-0.3, -0.25) is 0 Å². The van der Waals surface area contributed by atoms with E-state index in [0.717, 1.165) is 17.0 Å². The van der Waals surface area contributed by atoms with Gasteiger partial charge in [-0.2, -0.15) is 5.10 Å². The van der Waals surface area contributed by atoms with E-state index in [-0.39, 0.29) is 12.1 Å². The highest BCUT2D eigenvalue weighted by atomic mass is 16.2. The first kappa shape index (κ1) is 11.5. The Bertz CT molecular complexity index is 613. The Morgan fingerprint density at radius 1 is 1.16 bits per heavy atom. The topological polar surface area (TPSA) is 58.4 Å². The number of nitrogens with zero attached hydrogens (tertiary/aromatic N) is 2. The number of hydrazone groups is 1. The Kier molecular flexibility index (Phi) is 2.79. The molecule has 1 aromatic carbocycles. The first-order chi connectivity index (χ1) is 9.24. The molecule has 1 aromatic heterocycles. The smallest absolute Gasteiger partial charge is 0.328 e. The normalized spacial score (nSPS) is 18.5. The Morgan fingerprint density at radius 3 is 2.47 bits per heavy atom. The maximum Gasteiger partial charge on any atom is 0.335 e. The molecule has 2 heterocycles. The van der Waals surface area contributed by atoms with Crippen LogP contribution in [0.25, 0.3) is 5.69 Å². The molecule has 0 radical (unpaired) electrons. The predicted molar refractivity (Wildman–Crippen MR) is 73.4 cm³/mol. The average molecular weight is 254 g/mol. The van der Waals surface area contributed by atoms with E-state index >= 15 is 0 Å². The first-order valence-corrected chi connectivity index (χ1v) is 6.12. The van der Waals surface area contributed by atoms with Gasteiger partial charge in [0.2, 0.25) is 0 Å². The lowest BCUT2D eigenvalue weighted by Gasteiger charge is -2.21. The molecule has 0 fully saturated rings. The number of carbonyl (C=O) groups is 1. The van der Waals surface area contributed by atoms with Gasteiger partial charge in [-0.1, -0.05) is 12.1 Å². The summed E-state index contributed by atoms with van der Waals surface area (Å²) in [5.41, 5.74) is 5.36. The highest BCUT2D eigenvalue weighted by molar-refractivity contribution is 6.07. The molecule has 0 saturated heterocycles. The highest BCUT2D eigenvalue weighted by Gasteiger charge is 2.19. The third kappa shape index (κ3) is 2.22. The SMILES string of the molecule is CC1NC(=O)NN=C1c1ccc(-n2cccc2)cc1. The lowest BCUT2D eigenvalue weighted by molar-refractivity contribution is 0.239. The highest BCUT2D eigenvalue weighted by Crippen LogP contribution is 2.13. The molecule has 0 bridgehead atoms. The van der Waals surface area contributed by atoms with Crippen LogP contribution in [0.4, 0.5) is 4.79 Å². The van der Waals surface area contributed by atoms with E-state index in [0.29, 0.717) is 0 Å². The molecule has 96 valence electrons. The summed E-state index contributed by atoms with van der Waals surface area (Å²) < 4.78 is 2.04. The van der Waals surface area contributed by atoms with E-state index in [9.17, 15) is 4.79 Å². The summed E-state index contributed by atoms with van der Waals surface area (Å²) >= 11 is 0. The Balaban J connectivity index is 1.89. The summed E-state index contributed by atoms with van der Waals surface area (Å²) in [6.07, 6.45) is 4.00. The molecule has 19 heavy (non-hydrogen) atoms. The van der Waals surface area contributed by atoms with Gasteiger partial charge in [0.1, 0.15) is 0 Å². The van der Waals surface area contributed by atoms with Crippen LogP contribution in [0, 0.1) is 0 Å². The number of carbonyl (C=O) groups excluding carboxylic acids is 1. The van der Waals surface area contributed by atoms with Crippen LogP contribution in [-0.4, -0.2) is 22.4 Å². The third-order valence-corrected chi connectivity index (χ3v) is 3.10. The number of nitrogens with one attached hydrogen (secondary N) is 2. The molecule has 0 aliphatic carbocycles. The number of rotatable bonds is 2. The van der Waals surface area contributed by atoms with E-state index in [2.05, 4.69) is 15.8 Å². The van der Waals surface area contributed by atoms with Crippen LogP contribution in [0.2, 0.25) is 0 Å². The van der Waals surface area contributed by atoms with Crippen LogP contribution >= 0.6 is 0 Å². The van der Waals surface area contributed by atoms with Crippen LogP contribution in [0.15, 0.2) is 53.9 Å². The fourth-order valence-electron chi connectivity index (χ4n) is 2.13. The van der Waals surface area contributed by atoms with Crippen LogP contribution in [-0.2, 0) is 0 Å². The van der Waals surface area contributed by atoms with Gasteiger partial charge in [0.15, 0.2) is 0 Å². The van der Waals surface area contributed by atoms with Gasteiger partial charge >= 0.3 is 6.03 Å². The Hall–Kier alpha value is -2.56. The number of hydrogen-bond donors (Lipinski definition) is 2. The van der Waals surface area contributed by atoms with Crippen molar-refractivity contribution < 1.29 is 4.79 Å². The van der Waals surface area contributed by atoms with E-state index in [1.807, 2.05) is 60.3 Å². The molecule has 3 rings (SSSR count). The molecule has 1 aliphatic rings. The second-order valence-electron chi connectivity index (χ2n) is 4.44. The maximum absolute atomic E-state index is 11.1. The van der Waals surface area contributed by atoms with Crippen molar-refractivity contribution in [2.45, 2.75) is 13.0 Å². The van der Waals surface area contributed by atoms with Gasteiger partial charge in [-0.25, -0.2) is 10.2 Å². The van der Waals surface area contributed by atoms with Gasteiger partial charge < -0.3 is 9.88 Å². The van der Waals surface area contributed by atoms with Crippen LogP contribution in [0.5, 0.6) is 0 Å². The van der Waals surface area contributed by atoms with Crippen molar-refractivity contribution in [3.05, 3.63) is 54.4 Å². The quantitative estimate of drug-likeness (QED) is 0.844. The predicted octanol–water partition coefficient (Wildman–Crippen LogP) is 1.88. The molecule has 5 heteroatoms. The van der Waals surface area contributed by atoms with Crippen molar-refractivity contribution in [2.24, 2.45) is 5.10 Å². The lowest BCUT2D eigenvalue weighted by atomic mass is 10.0. The number of amides is 2. The van der Waals surface area contributed by atoms with Crippen molar-refractivity contribution in [3.8, 4) is 5.69 Å². The maximum atomic E-state index is 11.1. The second-order valence-corrected chi connectivity index (χ2v) is 4.44. The number of hydrogen-bond acceptors (Lipinski definition) is 2. The van der Waals surface area contributed by atoms with Crippen LogP contribution < -0.4 is 10.7 Å². The zero-order chi connectivity index (χ0) is 13.2. The molecule has 1 unspecified atom stereocenters. The number of benzene rings is 1. The molecule has 2 N–H and O–H groups in total. The lowest BCUT2D eigenvalue weighted by Crippen LogP contribution is -2.48. The summed E-state index contributed by atoms with van der Waals surface area (Å²) in [4.78, 5) is 11.1. The summed E-state index contributed by atoms with van der Waals surface area (Å²) in [7, 11) is 0. The molecule has 5 nitrogen and oxygen atoms in total. The molecule has 0 spiro atoms. The zero-order valence-corrected chi connectivity index (χ0v) is 10.5. The standard InChI is InChI=1S/C14H14N4O/c1-10-13(16-17-14(19)15-10)11-4-6-12(7-5-11)18-8-2-3-9-18/h2-10H,1H3,(H2,15,17,19). The largest absolute Gasteiger partial charge is 0.335 e. The minimum atomic E-state index is -0.264. The van der Waals surface area contributed by atoms with Gasteiger partial charge in [0.05, 0.1) is 11.8 Å². The molecule has 1 atom stereocenters. The van der Waals surface area contributed by atoms with Crippen molar-refractivity contribution in [3.63, 3.8) is 0 Å². The van der Waals surface area contributed by atoms with E-state index < -0.39 is 0 Å². The van der Waals surface area contributed by atoms with Gasteiger partial charge in [-0.05, 0) is 31.2 Å². The van der Waals surface area contributed by atoms with Crippen molar-refractivity contribution in [1.29, 1.82) is 0 Å². The molecule has 0 saturated carbocycles. The molecule has 2 amide bonds. The van der Waals surface area contributed by atoms with E-state index in [4.69, 9.17) is 0 Å². The fourth-order valence-corrected chi connectivity index (χ4v) is 2.13. The first-order valence-electron chi connectivity index (χ1n) is 6.12. The minimum Gasteiger partial charge on any atom is -0.328 e. The van der Waals surface area contributed by atoms with Crippen molar-refractivity contribution in [1.82, 2.24) is 15.3 Å². The summed E-state index contributed by atoms with van der Waals surface area (Å²) in [5.74, 6) is 0. The Labute approximate surface area is 110 Å². The monoisotopic (exact) mass is 254 g/mol. The second kappa shape index (κ2) is 4.61. The van der Waals surface area contributed by atoms with Gasteiger partial charge in [0, 0.05) is 23.6 Å². The van der Waals surface area contributed by atoms with E-state index in [1.165, 1.54) is 0 Å². The van der Waals surface area contributed by atoms with E-state index in [1.54, 1.807) is 0 Å². The minimum absolute atomic E-state index is 0.0915. The number of urea groups is 1. The van der Waals surface area contributed by atoms with Crippen LogP contribution in [0.1, 0.15) is 12.5 Å². The summed E-state index contributed by atoms with van der Waals surface area (Å²) in [5, 5.41) is 6.89. The molecule has 2 aromatic rings. The summed E-state index contributed by atoms with van der Waals surface area (Å²) in [6.45, 7) is 1.91. The fraction of sp³-hybridized carbons (Fsp3) is 0.143. The van der Waals surface area contributed by atoms with Crippen molar-refractivity contribution in [2.75, 3.05) is 0 Å². The van der Waals surface area contributed by atoms with Crippen molar-refractivity contribution >= 4 is 11.7 Å². The average Bonchev–Trinajstić information content (AvgIpc) is 2.93. The van der Waals surface area contributed by atoms with Gasteiger partial charge in [0.25, 0.3) is 0 Å². The summed E-state index contributed by atoms with van der Waals surface area (Å²) in [6, 6.07) is 11.7. The molecule has 1 aliphatic heterocycles. The van der Waals surface area contributed by atoms with Gasteiger partial charge in [-0.15, -0.1) is 0 Å². The third-order valence-electron chi connectivity index (χ3n) is 3.10. The zero-order valence-electron chi connectivity index (χ0n) is 10.5. The molecular formula is C14H14N4O. The molecular weight excluding hydrogens is 240 g/mol. The number of aromatic nitrogens is 1.